The lowest BCUT2D eigenvalue weighted by molar-refractivity contribution is -0.130. The van der Waals surface area contributed by atoms with Crippen molar-refractivity contribution in [2.75, 3.05) is 66.1 Å². The van der Waals surface area contributed by atoms with Crippen molar-refractivity contribution in [3.8, 4) is 16.9 Å². The Morgan fingerprint density at radius 1 is 0.667 bits per heavy atom. The number of ketones is 2. The number of ether oxygens (including phenoxy) is 6. The molecule has 354 valence electrons. The van der Waals surface area contributed by atoms with Gasteiger partial charge >= 0.3 is 0 Å². The highest BCUT2D eigenvalue weighted by Gasteiger charge is 2.26. The number of pyridine rings is 1. The SMILES string of the molecule is CC(=O)C[C@H](CC(=O)[C@H](COCc1ccccc1)NC(=O)CCCCc1cc(C)ccn1)c1ccc(-c2ccc(OCCOCCOCCOCCOCCC(C)C)c3ccccc23)cc1. The molecule has 2 atom stereocenters. The molecule has 0 aliphatic heterocycles. The summed E-state index contributed by atoms with van der Waals surface area (Å²) in [4.78, 5) is 44.3. The van der Waals surface area contributed by atoms with Crippen LogP contribution in [-0.2, 0) is 51.1 Å². The lowest BCUT2D eigenvalue weighted by Gasteiger charge is -2.22. The van der Waals surface area contributed by atoms with Crippen molar-refractivity contribution in [2.45, 2.75) is 91.2 Å². The maximum Gasteiger partial charge on any atom is 0.220 e. The number of carbonyl (C=O) groups is 3. The molecule has 5 aromatic rings. The van der Waals surface area contributed by atoms with E-state index in [4.69, 9.17) is 28.4 Å². The van der Waals surface area contributed by atoms with Gasteiger partial charge in [0.15, 0.2) is 5.78 Å². The van der Waals surface area contributed by atoms with E-state index < -0.39 is 6.04 Å². The Balaban J connectivity index is 1.13. The number of aromatic nitrogens is 1. The standard InChI is InChI=1S/C55H70N2O9/c1-41(2)25-27-61-28-29-62-30-31-63-32-33-64-34-35-66-54-23-22-49(50-15-9-10-16-51(50)54)46-20-18-45(19-21-46)47(37-43(4)58)38-53(59)52(40-65-39-44-12-6-5-7-13-44)57-55(60)17-11-8-14-48-36-42(3)24-26-56-48/h5-7,9-10,12-13,15-16,18-24,26,36,41,47,52H,8,11,14,17,25,27-35,37-40H2,1-4H3,(H,57,60)/t47-,52+/m1/s1. The molecule has 11 heteroatoms. The third-order valence-electron chi connectivity index (χ3n) is 11.2. The molecule has 5 rings (SSSR count). The van der Waals surface area contributed by atoms with Crippen molar-refractivity contribution < 1.29 is 42.8 Å². The maximum absolute atomic E-state index is 14.1. The quantitative estimate of drug-likeness (QED) is 0.0406. The van der Waals surface area contributed by atoms with Crippen LogP contribution in [0, 0.1) is 12.8 Å². The molecule has 0 aliphatic carbocycles. The number of aryl methyl sites for hydroxylation is 2. The van der Waals surface area contributed by atoms with Crippen molar-refractivity contribution in [1.82, 2.24) is 10.3 Å². The average Bonchev–Trinajstić information content (AvgIpc) is 3.31. The highest BCUT2D eigenvalue weighted by Crippen LogP contribution is 2.36. The number of unbranched alkanes of at least 4 members (excludes halogenated alkanes) is 1. The van der Waals surface area contributed by atoms with Crippen LogP contribution in [0.3, 0.4) is 0 Å². The van der Waals surface area contributed by atoms with Crippen molar-refractivity contribution in [2.24, 2.45) is 5.92 Å². The van der Waals surface area contributed by atoms with Crippen LogP contribution in [0.15, 0.2) is 109 Å². The normalized spacial score (nSPS) is 12.3. The van der Waals surface area contributed by atoms with Gasteiger partial charge in [0.1, 0.15) is 24.2 Å². The van der Waals surface area contributed by atoms with Gasteiger partial charge in [-0.3, -0.25) is 14.6 Å². The molecule has 1 amide bonds. The van der Waals surface area contributed by atoms with Gasteiger partial charge in [-0.1, -0.05) is 98.8 Å². The number of carbonyl (C=O) groups excluding carboxylic acids is 3. The van der Waals surface area contributed by atoms with Crippen LogP contribution in [0.25, 0.3) is 21.9 Å². The molecule has 0 fully saturated rings. The zero-order valence-corrected chi connectivity index (χ0v) is 39.5. The van der Waals surface area contributed by atoms with Crippen molar-refractivity contribution in [3.63, 3.8) is 0 Å². The van der Waals surface area contributed by atoms with Crippen LogP contribution in [-0.4, -0.2) is 94.6 Å². The second kappa shape index (κ2) is 29.4. The zero-order valence-electron chi connectivity index (χ0n) is 39.5. The topological polar surface area (TPSA) is 132 Å². The average molecular weight is 903 g/mol. The number of hydrogen-bond donors (Lipinski definition) is 1. The van der Waals surface area contributed by atoms with Crippen molar-refractivity contribution >= 4 is 28.2 Å². The minimum absolute atomic E-state index is 0.0172. The molecule has 0 spiro atoms. The third kappa shape index (κ3) is 18.9. The first-order chi connectivity index (χ1) is 32.2. The summed E-state index contributed by atoms with van der Waals surface area (Å²) < 4.78 is 34.7. The molecule has 0 radical (unpaired) electrons. The van der Waals surface area contributed by atoms with E-state index in [0.717, 1.165) is 75.9 Å². The highest BCUT2D eigenvalue weighted by atomic mass is 16.6. The predicted molar refractivity (Wildman–Crippen MR) is 260 cm³/mol. The van der Waals surface area contributed by atoms with E-state index in [2.05, 4.69) is 42.3 Å². The van der Waals surface area contributed by atoms with E-state index in [1.54, 1.807) is 13.1 Å². The van der Waals surface area contributed by atoms with Gasteiger partial charge in [-0.15, -0.1) is 0 Å². The fourth-order valence-corrected chi connectivity index (χ4v) is 7.59. The Kier molecular flexibility index (Phi) is 23.0. The summed E-state index contributed by atoms with van der Waals surface area (Å²) in [5.74, 6) is 0.645. The zero-order chi connectivity index (χ0) is 46.8. The molecule has 1 aromatic heterocycles. The van der Waals surface area contributed by atoms with Crippen LogP contribution in [0.2, 0.25) is 0 Å². The Morgan fingerprint density at radius 3 is 1.98 bits per heavy atom. The molecule has 1 N–H and O–H groups in total. The Labute approximate surface area is 391 Å². The van der Waals surface area contributed by atoms with Crippen molar-refractivity contribution in [3.05, 3.63) is 132 Å². The second-order valence-electron chi connectivity index (χ2n) is 17.2. The van der Waals surface area contributed by atoms with E-state index in [1.165, 1.54) is 0 Å². The molecule has 11 nitrogen and oxygen atoms in total. The molecule has 0 aliphatic rings. The van der Waals surface area contributed by atoms with Gasteiger partial charge < -0.3 is 38.5 Å². The van der Waals surface area contributed by atoms with E-state index in [0.29, 0.717) is 71.8 Å². The summed E-state index contributed by atoms with van der Waals surface area (Å²) in [6.45, 7) is 13.0. The van der Waals surface area contributed by atoms with Gasteiger partial charge in [-0.25, -0.2) is 0 Å². The number of fused-ring (bicyclic) bond motifs is 1. The summed E-state index contributed by atoms with van der Waals surface area (Å²) in [6, 6.07) is 33.1. The lowest BCUT2D eigenvalue weighted by atomic mass is 9.86. The van der Waals surface area contributed by atoms with Gasteiger partial charge in [0.05, 0.1) is 59.5 Å². The van der Waals surface area contributed by atoms with Gasteiger partial charge in [-0.05, 0) is 103 Å². The summed E-state index contributed by atoms with van der Waals surface area (Å²) in [5.41, 5.74) is 6.04. The van der Waals surface area contributed by atoms with Gasteiger partial charge in [0, 0.05) is 43.1 Å². The Bertz CT molecular complexity index is 2190. The maximum atomic E-state index is 14.1. The number of amides is 1. The number of nitrogens with zero attached hydrogens (tertiary/aromatic N) is 1. The highest BCUT2D eigenvalue weighted by molar-refractivity contribution is 6.00. The predicted octanol–water partition coefficient (Wildman–Crippen LogP) is 9.84. The van der Waals surface area contributed by atoms with Crippen LogP contribution >= 0.6 is 0 Å². The summed E-state index contributed by atoms with van der Waals surface area (Å²) in [6.07, 6.45) is 5.66. The molecular formula is C55H70N2O9. The fourth-order valence-electron chi connectivity index (χ4n) is 7.59. The fraction of sp³-hybridized carbons (Fsp3) is 0.455. The molecule has 66 heavy (non-hydrogen) atoms. The minimum atomic E-state index is -0.855. The monoisotopic (exact) mass is 903 g/mol. The third-order valence-corrected chi connectivity index (χ3v) is 11.2. The summed E-state index contributed by atoms with van der Waals surface area (Å²) in [7, 11) is 0. The number of nitrogens with one attached hydrogen (secondary N) is 1. The summed E-state index contributed by atoms with van der Waals surface area (Å²) >= 11 is 0. The van der Waals surface area contributed by atoms with Crippen LogP contribution in [0.5, 0.6) is 5.75 Å². The second-order valence-corrected chi connectivity index (χ2v) is 17.2. The van der Waals surface area contributed by atoms with Crippen molar-refractivity contribution in [1.29, 1.82) is 0 Å². The Hall–Kier alpha value is -5.30. The molecule has 1 heterocycles. The number of Topliss-reactive ketones (excluding diaryl/α,β-unsaturated/α-hetero) is 2. The molecule has 4 aromatic carbocycles. The largest absolute Gasteiger partial charge is 0.491 e. The summed E-state index contributed by atoms with van der Waals surface area (Å²) in [5, 5.41) is 4.99. The number of hydrogen-bond acceptors (Lipinski definition) is 10. The Morgan fingerprint density at radius 2 is 1.32 bits per heavy atom. The van der Waals surface area contributed by atoms with Crippen LogP contribution in [0.1, 0.15) is 87.6 Å². The van der Waals surface area contributed by atoms with Crippen LogP contribution in [0.4, 0.5) is 0 Å². The molecule has 0 unspecified atom stereocenters. The smallest absolute Gasteiger partial charge is 0.220 e. The molecular weight excluding hydrogens is 833 g/mol. The van der Waals surface area contributed by atoms with E-state index in [-0.39, 0.29) is 49.3 Å². The van der Waals surface area contributed by atoms with E-state index in [9.17, 15) is 14.4 Å². The lowest BCUT2D eigenvalue weighted by Crippen LogP contribution is -2.44. The van der Waals surface area contributed by atoms with E-state index >= 15 is 0 Å². The molecule has 0 bridgehead atoms. The number of benzene rings is 4. The molecule has 0 saturated heterocycles. The molecule has 0 saturated carbocycles. The minimum Gasteiger partial charge on any atom is -0.491 e. The van der Waals surface area contributed by atoms with Gasteiger partial charge in [-0.2, -0.15) is 0 Å². The first kappa shape index (κ1) is 51.7. The van der Waals surface area contributed by atoms with Gasteiger partial charge in [0.2, 0.25) is 5.91 Å². The first-order valence-corrected chi connectivity index (χ1v) is 23.6. The number of rotatable bonds is 33. The first-order valence-electron chi connectivity index (χ1n) is 23.6. The van der Waals surface area contributed by atoms with Crippen LogP contribution < -0.4 is 10.1 Å². The van der Waals surface area contributed by atoms with Gasteiger partial charge in [0.25, 0.3) is 0 Å². The van der Waals surface area contributed by atoms with E-state index in [1.807, 2.05) is 91.9 Å².